The number of carbonyl (C=O) groups is 2. The van der Waals surface area contributed by atoms with E-state index in [0.29, 0.717) is 18.5 Å². The van der Waals surface area contributed by atoms with Crippen LogP contribution in [0.2, 0.25) is 0 Å². The Morgan fingerprint density at radius 3 is 2.76 bits per heavy atom. The van der Waals surface area contributed by atoms with Gasteiger partial charge in [0.15, 0.2) is 0 Å². The van der Waals surface area contributed by atoms with Crippen molar-refractivity contribution in [2.24, 2.45) is 5.41 Å². The number of carbonyl (C=O) groups excluding carboxylic acids is 1. The summed E-state index contributed by atoms with van der Waals surface area (Å²) >= 11 is 0. The van der Waals surface area contributed by atoms with Crippen LogP contribution < -0.4 is 0 Å². The van der Waals surface area contributed by atoms with Gasteiger partial charge in [0.2, 0.25) is 0 Å². The topological polar surface area (TPSA) is 75.4 Å². The number of aromatic nitrogens is 2. The first kappa shape index (κ1) is 15.5. The van der Waals surface area contributed by atoms with Gasteiger partial charge >= 0.3 is 5.97 Å². The van der Waals surface area contributed by atoms with Gasteiger partial charge in [0.1, 0.15) is 0 Å². The molecule has 2 heterocycles. The Bertz CT molecular complexity index is 552. The average Bonchev–Trinajstić information content (AvgIpc) is 3.01. The van der Waals surface area contributed by atoms with Crippen molar-refractivity contribution < 1.29 is 14.7 Å². The number of hydrogen-bond acceptors (Lipinski definition) is 3. The number of amides is 1. The van der Waals surface area contributed by atoms with Crippen LogP contribution in [-0.2, 0) is 11.3 Å². The molecule has 0 aromatic carbocycles. The first-order valence-corrected chi connectivity index (χ1v) is 7.44. The minimum Gasteiger partial charge on any atom is -0.481 e. The van der Waals surface area contributed by atoms with E-state index in [4.69, 9.17) is 0 Å². The van der Waals surface area contributed by atoms with Crippen LogP contribution in [0.1, 0.15) is 49.2 Å². The second-order valence-corrected chi connectivity index (χ2v) is 6.06. The van der Waals surface area contributed by atoms with Crippen molar-refractivity contribution in [1.82, 2.24) is 14.7 Å². The normalized spacial score (nSPS) is 21.8. The maximum atomic E-state index is 12.5. The third-order valence-electron chi connectivity index (χ3n) is 4.33. The summed E-state index contributed by atoms with van der Waals surface area (Å²) in [5.74, 6) is -0.951. The molecule has 0 radical (unpaired) electrons. The predicted molar refractivity (Wildman–Crippen MR) is 78.1 cm³/mol. The van der Waals surface area contributed by atoms with Gasteiger partial charge in [-0.2, -0.15) is 5.10 Å². The van der Waals surface area contributed by atoms with Crippen LogP contribution >= 0.6 is 0 Å². The number of nitrogens with zero attached hydrogens (tertiary/aromatic N) is 3. The largest absolute Gasteiger partial charge is 0.481 e. The Labute approximate surface area is 124 Å². The number of aryl methyl sites for hydroxylation is 1. The van der Waals surface area contributed by atoms with Gasteiger partial charge in [0.25, 0.3) is 5.91 Å². The molecule has 0 aliphatic carbocycles. The van der Waals surface area contributed by atoms with Crippen LogP contribution in [-0.4, -0.2) is 44.8 Å². The average molecular weight is 293 g/mol. The second-order valence-electron chi connectivity index (χ2n) is 6.06. The van der Waals surface area contributed by atoms with Gasteiger partial charge < -0.3 is 10.0 Å². The van der Waals surface area contributed by atoms with E-state index in [1.807, 2.05) is 11.6 Å². The fraction of sp³-hybridized carbons (Fsp3) is 0.667. The van der Waals surface area contributed by atoms with Crippen molar-refractivity contribution in [3.63, 3.8) is 0 Å². The summed E-state index contributed by atoms with van der Waals surface area (Å²) in [7, 11) is 0. The maximum Gasteiger partial charge on any atom is 0.311 e. The monoisotopic (exact) mass is 293 g/mol. The number of carboxylic acid groups (broad SMARTS) is 1. The van der Waals surface area contributed by atoms with Crippen molar-refractivity contribution in [2.75, 3.05) is 13.1 Å². The van der Waals surface area contributed by atoms with Gasteiger partial charge in [-0.3, -0.25) is 14.3 Å². The van der Waals surface area contributed by atoms with E-state index in [-0.39, 0.29) is 12.5 Å². The zero-order chi connectivity index (χ0) is 15.6. The maximum absolute atomic E-state index is 12.5. The van der Waals surface area contributed by atoms with Crippen molar-refractivity contribution in [3.8, 4) is 0 Å². The van der Waals surface area contributed by atoms with E-state index in [2.05, 4.69) is 12.0 Å². The highest BCUT2D eigenvalue weighted by Crippen LogP contribution is 2.31. The van der Waals surface area contributed by atoms with Crippen molar-refractivity contribution in [1.29, 1.82) is 0 Å². The first-order chi connectivity index (χ1) is 9.89. The van der Waals surface area contributed by atoms with Gasteiger partial charge in [-0.15, -0.1) is 0 Å². The number of hydrogen-bond donors (Lipinski definition) is 1. The number of rotatable bonds is 5. The summed E-state index contributed by atoms with van der Waals surface area (Å²) in [5.41, 5.74) is 0.611. The molecule has 2 rings (SSSR count). The zero-order valence-corrected chi connectivity index (χ0v) is 12.9. The second kappa shape index (κ2) is 5.87. The molecule has 1 aromatic rings. The molecule has 1 saturated heterocycles. The Morgan fingerprint density at radius 1 is 1.48 bits per heavy atom. The molecule has 1 amide bonds. The van der Waals surface area contributed by atoms with Gasteiger partial charge in [0.05, 0.1) is 17.2 Å². The van der Waals surface area contributed by atoms with E-state index in [1.165, 1.54) is 0 Å². The number of likely N-dealkylation sites (tertiary alicyclic amines) is 1. The highest BCUT2D eigenvalue weighted by Gasteiger charge is 2.42. The molecule has 1 aliphatic heterocycles. The van der Waals surface area contributed by atoms with Gasteiger partial charge in [0, 0.05) is 25.3 Å². The molecule has 1 N–H and O–H groups in total. The quantitative estimate of drug-likeness (QED) is 0.900. The van der Waals surface area contributed by atoms with Crippen LogP contribution in [0.5, 0.6) is 0 Å². The van der Waals surface area contributed by atoms with Crippen LogP contribution in [0.15, 0.2) is 6.20 Å². The van der Waals surface area contributed by atoms with Crippen molar-refractivity contribution in [3.05, 3.63) is 17.5 Å². The molecule has 21 heavy (non-hydrogen) atoms. The molecule has 0 bridgehead atoms. The summed E-state index contributed by atoms with van der Waals surface area (Å²) in [6, 6.07) is 0. The molecular formula is C15H23N3O3. The summed E-state index contributed by atoms with van der Waals surface area (Å²) < 4.78 is 1.85. The molecule has 1 aromatic heterocycles. The standard InChI is InChI=1S/C15H23N3O3/c1-4-5-7-18-11(2)12(9-16-18)13(19)17-8-6-15(3,10-17)14(20)21/h9H,4-8,10H2,1-3H3,(H,20,21). The van der Waals surface area contributed by atoms with Crippen molar-refractivity contribution >= 4 is 11.9 Å². The predicted octanol–water partition coefficient (Wildman–Crippen LogP) is 1.93. The molecule has 6 nitrogen and oxygen atoms in total. The Kier molecular flexibility index (Phi) is 4.34. The fourth-order valence-corrected chi connectivity index (χ4v) is 2.67. The minimum atomic E-state index is -0.840. The first-order valence-electron chi connectivity index (χ1n) is 7.44. The zero-order valence-electron chi connectivity index (χ0n) is 12.9. The summed E-state index contributed by atoms with van der Waals surface area (Å²) in [5, 5.41) is 13.5. The van der Waals surface area contributed by atoms with Crippen LogP contribution in [0.3, 0.4) is 0 Å². The number of unbranched alkanes of at least 4 members (excludes halogenated alkanes) is 1. The lowest BCUT2D eigenvalue weighted by Gasteiger charge is -2.20. The summed E-state index contributed by atoms with van der Waals surface area (Å²) in [6.07, 6.45) is 4.20. The highest BCUT2D eigenvalue weighted by molar-refractivity contribution is 5.95. The lowest BCUT2D eigenvalue weighted by molar-refractivity contribution is -0.147. The van der Waals surface area contributed by atoms with E-state index in [9.17, 15) is 14.7 Å². The molecular weight excluding hydrogens is 270 g/mol. The van der Waals surface area contributed by atoms with Crippen molar-refractivity contribution in [2.45, 2.75) is 46.6 Å². The molecule has 6 heteroatoms. The third-order valence-corrected chi connectivity index (χ3v) is 4.33. The number of aliphatic carboxylic acids is 1. The molecule has 1 fully saturated rings. The summed E-state index contributed by atoms with van der Waals surface area (Å²) in [6.45, 7) is 7.26. The molecule has 1 aliphatic rings. The van der Waals surface area contributed by atoms with E-state index in [0.717, 1.165) is 25.1 Å². The lowest BCUT2D eigenvalue weighted by Crippen LogP contribution is -2.35. The van der Waals surface area contributed by atoms with Crippen LogP contribution in [0.25, 0.3) is 0 Å². The van der Waals surface area contributed by atoms with Gasteiger partial charge in [-0.25, -0.2) is 0 Å². The molecule has 0 spiro atoms. The molecule has 1 unspecified atom stereocenters. The van der Waals surface area contributed by atoms with Gasteiger partial charge in [-0.05, 0) is 26.7 Å². The van der Waals surface area contributed by atoms with Crippen LogP contribution in [0.4, 0.5) is 0 Å². The third kappa shape index (κ3) is 2.94. The van der Waals surface area contributed by atoms with Gasteiger partial charge in [-0.1, -0.05) is 13.3 Å². The SMILES string of the molecule is CCCCn1ncc(C(=O)N2CCC(C)(C(=O)O)C2)c1C. The minimum absolute atomic E-state index is 0.111. The molecule has 116 valence electrons. The molecule has 1 atom stereocenters. The fourth-order valence-electron chi connectivity index (χ4n) is 2.67. The lowest BCUT2D eigenvalue weighted by atomic mass is 9.90. The Hall–Kier alpha value is -1.85. The Balaban J connectivity index is 2.11. The van der Waals surface area contributed by atoms with E-state index < -0.39 is 11.4 Å². The molecule has 0 saturated carbocycles. The van der Waals surface area contributed by atoms with Crippen LogP contribution in [0, 0.1) is 12.3 Å². The number of carboxylic acids is 1. The smallest absolute Gasteiger partial charge is 0.311 e. The highest BCUT2D eigenvalue weighted by atomic mass is 16.4. The Morgan fingerprint density at radius 2 is 2.19 bits per heavy atom. The van der Waals surface area contributed by atoms with E-state index in [1.54, 1.807) is 18.0 Å². The van der Waals surface area contributed by atoms with E-state index >= 15 is 0 Å². The summed E-state index contributed by atoms with van der Waals surface area (Å²) in [4.78, 5) is 25.4.